The van der Waals surface area contributed by atoms with Crippen molar-refractivity contribution in [2.45, 2.75) is 58.5 Å². The van der Waals surface area contributed by atoms with Gasteiger partial charge in [-0.3, -0.25) is 9.78 Å². The van der Waals surface area contributed by atoms with Crippen LogP contribution in [-0.2, 0) is 16.8 Å². The van der Waals surface area contributed by atoms with Crippen molar-refractivity contribution in [3.8, 4) is 11.4 Å². The first-order chi connectivity index (χ1) is 18.1. The molecule has 202 valence electrons. The molecule has 1 amide bonds. The second-order valence-electron chi connectivity index (χ2n) is 11.8. The van der Waals surface area contributed by atoms with Crippen LogP contribution in [0, 0.1) is 11.3 Å². The van der Waals surface area contributed by atoms with E-state index in [0.717, 1.165) is 55.7 Å². The zero-order valence-corrected chi connectivity index (χ0v) is 23.1. The predicted molar refractivity (Wildman–Crippen MR) is 145 cm³/mol. The number of pyridine rings is 1. The first kappa shape index (κ1) is 26.5. The SMILES string of the molecule is CC(=O)N1CCC(Cc2nc(-c3cncc([C@@](O)(c4ccc(C(C)C)cc4)C4(C)CN(C)C4)c3)no2)CC1. The van der Waals surface area contributed by atoms with Crippen molar-refractivity contribution in [3.05, 3.63) is 65.3 Å². The summed E-state index contributed by atoms with van der Waals surface area (Å²) in [4.78, 5) is 24.9. The summed E-state index contributed by atoms with van der Waals surface area (Å²) in [6.45, 7) is 11.2. The van der Waals surface area contributed by atoms with Crippen molar-refractivity contribution >= 4 is 5.91 Å². The molecule has 0 spiro atoms. The first-order valence-electron chi connectivity index (χ1n) is 13.6. The van der Waals surface area contributed by atoms with E-state index in [-0.39, 0.29) is 11.3 Å². The summed E-state index contributed by atoms with van der Waals surface area (Å²) in [5, 5.41) is 16.7. The molecular formula is C30H39N5O3. The van der Waals surface area contributed by atoms with Gasteiger partial charge in [-0.25, -0.2) is 0 Å². The van der Waals surface area contributed by atoms with Gasteiger partial charge >= 0.3 is 0 Å². The van der Waals surface area contributed by atoms with E-state index in [2.05, 4.69) is 72.1 Å². The van der Waals surface area contributed by atoms with E-state index in [4.69, 9.17) is 4.52 Å². The molecule has 2 fully saturated rings. The molecule has 1 N–H and O–H groups in total. The zero-order valence-electron chi connectivity index (χ0n) is 23.1. The van der Waals surface area contributed by atoms with Crippen LogP contribution in [0.4, 0.5) is 0 Å². The summed E-state index contributed by atoms with van der Waals surface area (Å²) in [5.74, 6) is 2.04. The maximum absolute atomic E-state index is 12.5. The number of rotatable bonds is 7. The van der Waals surface area contributed by atoms with Gasteiger partial charge in [0.15, 0.2) is 0 Å². The van der Waals surface area contributed by atoms with Crippen molar-refractivity contribution < 1.29 is 14.4 Å². The number of hydrogen-bond donors (Lipinski definition) is 1. The molecule has 0 bridgehead atoms. The molecule has 1 atom stereocenters. The highest BCUT2D eigenvalue weighted by Crippen LogP contribution is 2.50. The van der Waals surface area contributed by atoms with Crippen LogP contribution >= 0.6 is 0 Å². The number of nitrogens with zero attached hydrogens (tertiary/aromatic N) is 5. The summed E-state index contributed by atoms with van der Waals surface area (Å²) in [5.41, 5.74) is 1.95. The highest BCUT2D eigenvalue weighted by Gasteiger charge is 2.55. The Morgan fingerprint density at radius 2 is 1.84 bits per heavy atom. The molecular weight excluding hydrogens is 478 g/mol. The predicted octanol–water partition coefficient (Wildman–Crippen LogP) is 4.24. The van der Waals surface area contributed by atoms with Crippen molar-refractivity contribution in [1.29, 1.82) is 0 Å². The van der Waals surface area contributed by atoms with Gasteiger partial charge in [-0.1, -0.05) is 50.2 Å². The van der Waals surface area contributed by atoms with Gasteiger partial charge in [0.25, 0.3) is 0 Å². The molecule has 3 aromatic rings. The number of aliphatic hydroxyl groups is 1. The number of carbonyl (C=O) groups excluding carboxylic acids is 1. The van der Waals surface area contributed by atoms with Crippen molar-refractivity contribution in [1.82, 2.24) is 24.9 Å². The highest BCUT2D eigenvalue weighted by atomic mass is 16.5. The second-order valence-corrected chi connectivity index (χ2v) is 11.8. The fourth-order valence-electron chi connectivity index (χ4n) is 6.26. The van der Waals surface area contributed by atoms with E-state index >= 15 is 0 Å². The summed E-state index contributed by atoms with van der Waals surface area (Å²) in [7, 11) is 2.07. The molecule has 0 aliphatic carbocycles. The van der Waals surface area contributed by atoms with Crippen molar-refractivity contribution in [2.75, 3.05) is 33.2 Å². The Morgan fingerprint density at radius 1 is 1.16 bits per heavy atom. The van der Waals surface area contributed by atoms with E-state index in [0.29, 0.717) is 30.0 Å². The standard InChI is InChI=1S/C30H39N5O3/c1-20(2)23-6-8-25(9-7-23)30(37,29(4)18-34(5)19-29)26-15-24(16-31-17-26)28-32-27(38-33-28)14-22-10-12-35(13-11-22)21(3)36/h6-9,15-17,20,22,37H,10-14,18-19H2,1-5H3/t30-/m0/s1. The number of carbonyl (C=O) groups is 1. The molecule has 2 aromatic heterocycles. The minimum Gasteiger partial charge on any atom is -0.380 e. The quantitative estimate of drug-likeness (QED) is 0.501. The van der Waals surface area contributed by atoms with Gasteiger partial charge in [-0.05, 0) is 48.9 Å². The molecule has 0 unspecified atom stereocenters. The minimum atomic E-state index is -1.23. The fourth-order valence-corrected chi connectivity index (χ4v) is 6.26. The molecule has 2 aliphatic heterocycles. The average Bonchev–Trinajstić information content (AvgIpc) is 3.36. The number of amides is 1. The van der Waals surface area contributed by atoms with E-state index < -0.39 is 5.60 Å². The lowest BCUT2D eigenvalue weighted by molar-refractivity contribution is -0.130. The molecule has 4 heterocycles. The smallest absolute Gasteiger partial charge is 0.227 e. The number of piperidine rings is 1. The number of benzene rings is 1. The zero-order chi connectivity index (χ0) is 27.1. The van der Waals surface area contributed by atoms with E-state index in [1.54, 1.807) is 19.3 Å². The summed E-state index contributed by atoms with van der Waals surface area (Å²) >= 11 is 0. The maximum Gasteiger partial charge on any atom is 0.227 e. The fraction of sp³-hybridized carbons (Fsp3) is 0.533. The minimum absolute atomic E-state index is 0.133. The molecule has 8 nitrogen and oxygen atoms in total. The molecule has 0 radical (unpaired) electrons. The van der Waals surface area contributed by atoms with E-state index in [9.17, 15) is 9.90 Å². The van der Waals surface area contributed by atoms with Crippen molar-refractivity contribution in [2.24, 2.45) is 11.3 Å². The van der Waals surface area contributed by atoms with Crippen molar-refractivity contribution in [3.63, 3.8) is 0 Å². The van der Waals surface area contributed by atoms with Gasteiger partial charge in [0.2, 0.25) is 17.6 Å². The largest absolute Gasteiger partial charge is 0.380 e. The third-order valence-electron chi connectivity index (χ3n) is 8.51. The Morgan fingerprint density at radius 3 is 2.45 bits per heavy atom. The lowest BCUT2D eigenvalue weighted by Crippen LogP contribution is -2.63. The van der Waals surface area contributed by atoms with Crippen LogP contribution in [0.5, 0.6) is 0 Å². The average molecular weight is 518 g/mol. The third kappa shape index (κ3) is 4.87. The van der Waals surface area contributed by atoms with Gasteiger partial charge in [-0.15, -0.1) is 0 Å². The molecule has 0 saturated carbocycles. The summed E-state index contributed by atoms with van der Waals surface area (Å²) in [6.07, 6.45) is 6.05. The van der Waals surface area contributed by atoms with Crippen LogP contribution in [0.1, 0.15) is 69.0 Å². The van der Waals surface area contributed by atoms with Crippen LogP contribution in [0.2, 0.25) is 0 Å². The molecule has 2 saturated heterocycles. The van der Waals surface area contributed by atoms with Gasteiger partial charge in [0.1, 0.15) is 5.60 Å². The van der Waals surface area contributed by atoms with E-state index in [1.165, 1.54) is 5.56 Å². The second kappa shape index (κ2) is 10.2. The van der Waals surface area contributed by atoms with Crippen LogP contribution in [0.3, 0.4) is 0 Å². The van der Waals surface area contributed by atoms with Crippen LogP contribution in [-0.4, -0.2) is 69.2 Å². The Bertz CT molecular complexity index is 1270. The van der Waals surface area contributed by atoms with Gasteiger partial charge in [-0.2, -0.15) is 4.98 Å². The first-order valence-corrected chi connectivity index (χ1v) is 13.6. The topological polar surface area (TPSA) is 95.6 Å². The maximum atomic E-state index is 12.5. The molecule has 38 heavy (non-hydrogen) atoms. The normalized spacial score (nSPS) is 19.8. The Kier molecular flexibility index (Phi) is 7.13. The molecule has 5 rings (SSSR count). The monoisotopic (exact) mass is 517 g/mol. The summed E-state index contributed by atoms with van der Waals surface area (Å²) in [6, 6.07) is 10.3. The van der Waals surface area contributed by atoms with Gasteiger partial charge in [0.05, 0.1) is 0 Å². The molecule has 1 aromatic carbocycles. The molecule has 2 aliphatic rings. The van der Waals surface area contributed by atoms with Gasteiger partial charge in [0, 0.05) is 68.5 Å². The Balaban J connectivity index is 1.41. The Hall–Kier alpha value is -3.10. The summed E-state index contributed by atoms with van der Waals surface area (Å²) < 4.78 is 5.62. The van der Waals surface area contributed by atoms with Crippen LogP contribution < -0.4 is 0 Å². The number of aromatic nitrogens is 3. The highest BCUT2D eigenvalue weighted by molar-refractivity contribution is 5.73. The number of likely N-dealkylation sites (tertiary alicyclic amines) is 2. The number of hydrogen-bond acceptors (Lipinski definition) is 7. The Labute approximate surface area is 225 Å². The van der Waals surface area contributed by atoms with Gasteiger partial charge < -0.3 is 19.4 Å². The lowest BCUT2D eigenvalue weighted by Gasteiger charge is -2.55. The van der Waals surface area contributed by atoms with E-state index in [1.807, 2.05) is 11.0 Å². The van der Waals surface area contributed by atoms with Crippen LogP contribution in [0.25, 0.3) is 11.4 Å². The molecule has 8 heteroatoms. The third-order valence-corrected chi connectivity index (χ3v) is 8.51. The van der Waals surface area contributed by atoms with Crippen LogP contribution in [0.15, 0.2) is 47.2 Å². The lowest BCUT2D eigenvalue weighted by atomic mass is 9.62.